The first-order valence-electron chi connectivity index (χ1n) is 7.18. The van der Waals surface area contributed by atoms with Crippen molar-refractivity contribution in [2.75, 3.05) is 26.3 Å². The molecule has 0 bridgehead atoms. The minimum Gasteiger partial charge on any atom is -0.444 e. The van der Waals surface area contributed by atoms with Crippen LogP contribution in [0.25, 0.3) is 0 Å². The second kappa shape index (κ2) is 8.09. The van der Waals surface area contributed by atoms with Crippen molar-refractivity contribution in [1.82, 2.24) is 10.6 Å². The molecule has 2 amide bonds. The van der Waals surface area contributed by atoms with Gasteiger partial charge in [0.2, 0.25) is 5.91 Å². The van der Waals surface area contributed by atoms with Crippen molar-refractivity contribution in [1.29, 1.82) is 0 Å². The van der Waals surface area contributed by atoms with Gasteiger partial charge in [0.05, 0.1) is 6.54 Å². The van der Waals surface area contributed by atoms with E-state index in [0.29, 0.717) is 12.5 Å². The number of ether oxygens (including phenoxy) is 2. The van der Waals surface area contributed by atoms with Gasteiger partial charge in [0.25, 0.3) is 0 Å². The van der Waals surface area contributed by atoms with Crippen LogP contribution in [0.5, 0.6) is 0 Å². The minimum atomic E-state index is -0.572. The molecular formula is C14H26N2O4. The Kier molecular flexibility index (Phi) is 6.78. The molecule has 1 saturated heterocycles. The van der Waals surface area contributed by atoms with E-state index in [2.05, 4.69) is 10.6 Å². The summed E-state index contributed by atoms with van der Waals surface area (Å²) in [6.07, 6.45) is 2.51. The summed E-state index contributed by atoms with van der Waals surface area (Å²) in [5, 5.41) is 5.23. The van der Waals surface area contributed by atoms with Gasteiger partial charge in [-0.3, -0.25) is 4.79 Å². The molecule has 1 rings (SSSR count). The lowest BCUT2D eigenvalue weighted by atomic mass is 9.97. The smallest absolute Gasteiger partial charge is 0.408 e. The molecule has 0 aromatic heterocycles. The molecule has 2 N–H and O–H groups in total. The van der Waals surface area contributed by atoms with E-state index in [9.17, 15) is 9.59 Å². The molecule has 0 spiro atoms. The summed E-state index contributed by atoms with van der Waals surface area (Å²) in [7, 11) is 0. The van der Waals surface area contributed by atoms with E-state index in [-0.39, 0.29) is 12.5 Å². The van der Waals surface area contributed by atoms with Gasteiger partial charge < -0.3 is 20.1 Å². The molecule has 0 aromatic rings. The Morgan fingerprint density at radius 1 is 1.20 bits per heavy atom. The highest BCUT2D eigenvalue weighted by atomic mass is 16.6. The Morgan fingerprint density at radius 3 is 2.45 bits per heavy atom. The largest absolute Gasteiger partial charge is 0.444 e. The summed E-state index contributed by atoms with van der Waals surface area (Å²) in [5.74, 6) is 0.436. The van der Waals surface area contributed by atoms with Crippen LogP contribution in [0.3, 0.4) is 0 Å². The Hall–Kier alpha value is -1.30. The zero-order chi connectivity index (χ0) is 15.0. The van der Waals surface area contributed by atoms with E-state index >= 15 is 0 Å². The average molecular weight is 286 g/mol. The quantitative estimate of drug-likeness (QED) is 0.802. The molecule has 1 fully saturated rings. The summed E-state index contributed by atoms with van der Waals surface area (Å²) < 4.78 is 10.3. The molecule has 0 aromatic carbocycles. The monoisotopic (exact) mass is 286 g/mol. The maximum Gasteiger partial charge on any atom is 0.408 e. The molecule has 116 valence electrons. The molecule has 6 nitrogen and oxygen atoms in total. The highest BCUT2D eigenvalue weighted by Gasteiger charge is 2.17. The Morgan fingerprint density at radius 2 is 1.85 bits per heavy atom. The van der Waals surface area contributed by atoms with Crippen molar-refractivity contribution < 1.29 is 19.1 Å². The lowest BCUT2D eigenvalue weighted by molar-refractivity contribution is -0.120. The SMILES string of the molecule is CC(C)(C)OC(=O)NCC(=O)NCCC1CCOCC1. The zero-order valence-corrected chi connectivity index (χ0v) is 12.7. The van der Waals surface area contributed by atoms with Crippen molar-refractivity contribution in [3.63, 3.8) is 0 Å². The average Bonchev–Trinajstić information content (AvgIpc) is 2.36. The van der Waals surface area contributed by atoms with Crippen LogP contribution < -0.4 is 10.6 Å². The number of amides is 2. The first-order valence-corrected chi connectivity index (χ1v) is 7.18. The minimum absolute atomic E-state index is 0.0529. The van der Waals surface area contributed by atoms with Crippen molar-refractivity contribution >= 4 is 12.0 Å². The van der Waals surface area contributed by atoms with Gasteiger partial charge in [0.1, 0.15) is 5.60 Å². The van der Waals surface area contributed by atoms with Crippen LogP contribution >= 0.6 is 0 Å². The lowest BCUT2D eigenvalue weighted by Gasteiger charge is -2.22. The van der Waals surface area contributed by atoms with E-state index in [1.165, 1.54) is 0 Å². The third-order valence-electron chi connectivity index (χ3n) is 3.01. The van der Waals surface area contributed by atoms with Gasteiger partial charge in [-0.25, -0.2) is 4.79 Å². The maximum absolute atomic E-state index is 11.5. The van der Waals surface area contributed by atoms with Gasteiger partial charge in [0.15, 0.2) is 0 Å². The summed E-state index contributed by atoms with van der Waals surface area (Å²) in [6, 6.07) is 0. The Labute approximate surface area is 120 Å². The molecule has 1 aliphatic heterocycles. The normalized spacial score (nSPS) is 16.6. The van der Waals surface area contributed by atoms with Crippen molar-refractivity contribution in [3.05, 3.63) is 0 Å². The van der Waals surface area contributed by atoms with Crippen LogP contribution in [0, 0.1) is 5.92 Å². The second-order valence-electron chi connectivity index (χ2n) is 6.05. The first-order chi connectivity index (χ1) is 9.37. The van der Waals surface area contributed by atoms with Crippen LogP contribution in [0.4, 0.5) is 4.79 Å². The van der Waals surface area contributed by atoms with E-state index in [0.717, 1.165) is 32.5 Å². The van der Waals surface area contributed by atoms with E-state index in [4.69, 9.17) is 9.47 Å². The second-order valence-corrected chi connectivity index (χ2v) is 6.05. The predicted octanol–water partition coefficient (Wildman–Crippen LogP) is 1.44. The van der Waals surface area contributed by atoms with Crippen molar-refractivity contribution in [2.45, 2.75) is 45.6 Å². The summed E-state index contributed by atoms with van der Waals surface area (Å²) >= 11 is 0. The summed E-state index contributed by atoms with van der Waals surface area (Å²) in [5.41, 5.74) is -0.552. The predicted molar refractivity (Wildman–Crippen MR) is 75.4 cm³/mol. The maximum atomic E-state index is 11.5. The number of hydrogen-bond acceptors (Lipinski definition) is 4. The molecule has 1 aliphatic rings. The van der Waals surface area contributed by atoms with Crippen LogP contribution in [0.15, 0.2) is 0 Å². The molecule has 1 heterocycles. The molecule has 0 saturated carbocycles. The summed E-state index contributed by atoms with van der Waals surface area (Å²) in [4.78, 5) is 22.9. The van der Waals surface area contributed by atoms with E-state index in [1.54, 1.807) is 20.8 Å². The van der Waals surface area contributed by atoms with Gasteiger partial charge in [-0.2, -0.15) is 0 Å². The van der Waals surface area contributed by atoms with Crippen LogP contribution in [-0.2, 0) is 14.3 Å². The molecule has 0 unspecified atom stereocenters. The van der Waals surface area contributed by atoms with E-state index in [1.807, 2.05) is 0 Å². The van der Waals surface area contributed by atoms with Crippen LogP contribution in [0.2, 0.25) is 0 Å². The van der Waals surface area contributed by atoms with Gasteiger partial charge in [-0.15, -0.1) is 0 Å². The standard InChI is InChI=1S/C14H26N2O4/c1-14(2,3)20-13(18)16-10-12(17)15-7-4-11-5-8-19-9-6-11/h11H,4-10H2,1-3H3,(H,15,17)(H,16,18). The first kappa shape index (κ1) is 16.8. The molecule has 0 radical (unpaired) electrons. The lowest BCUT2D eigenvalue weighted by Crippen LogP contribution is -2.40. The third kappa shape index (κ3) is 7.99. The van der Waals surface area contributed by atoms with Crippen molar-refractivity contribution in [2.24, 2.45) is 5.92 Å². The fourth-order valence-electron chi connectivity index (χ4n) is 1.98. The van der Waals surface area contributed by atoms with Gasteiger partial charge in [-0.05, 0) is 46.0 Å². The highest BCUT2D eigenvalue weighted by Crippen LogP contribution is 2.17. The number of carbonyl (C=O) groups excluding carboxylic acids is 2. The van der Waals surface area contributed by atoms with Crippen molar-refractivity contribution in [3.8, 4) is 0 Å². The van der Waals surface area contributed by atoms with Gasteiger partial charge in [0, 0.05) is 19.8 Å². The van der Waals surface area contributed by atoms with E-state index < -0.39 is 11.7 Å². The van der Waals surface area contributed by atoms with Crippen LogP contribution in [0.1, 0.15) is 40.0 Å². The number of carbonyl (C=O) groups is 2. The van der Waals surface area contributed by atoms with Gasteiger partial charge in [-0.1, -0.05) is 0 Å². The number of rotatable bonds is 5. The Bertz CT molecular complexity index is 320. The molecular weight excluding hydrogens is 260 g/mol. The highest BCUT2D eigenvalue weighted by molar-refractivity contribution is 5.82. The number of nitrogens with one attached hydrogen (secondary N) is 2. The fourth-order valence-corrected chi connectivity index (χ4v) is 1.98. The fraction of sp³-hybridized carbons (Fsp3) is 0.857. The number of alkyl carbamates (subject to hydrolysis) is 1. The van der Waals surface area contributed by atoms with Crippen LogP contribution in [-0.4, -0.2) is 43.9 Å². The summed E-state index contributed by atoms with van der Waals surface area (Å²) in [6.45, 7) is 7.56. The number of hydrogen-bond donors (Lipinski definition) is 2. The third-order valence-corrected chi connectivity index (χ3v) is 3.01. The van der Waals surface area contributed by atoms with Gasteiger partial charge >= 0.3 is 6.09 Å². The zero-order valence-electron chi connectivity index (χ0n) is 12.7. The topological polar surface area (TPSA) is 76.7 Å². The molecule has 6 heteroatoms. The Balaban J connectivity index is 2.06. The molecule has 0 atom stereocenters. The molecule has 20 heavy (non-hydrogen) atoms. The molecule has 0 aliphatic carbocycles.